The summed E-state index contributed by atoms with van der Waals surface area (Å²) in [4.78, 5) is 16.2. The predicted molar refractivity (Wildman–Crippen MR) is 105 cm³/mol. The van der Waals surface area contributed by atoms with Crippen molar-refractivity contribution in [3.8, 4) is 5.75 Å². The van der Waals surface area contributed by atoms with Gasteiger partial charge in [-0.25, -0.2) is 0 Å². The van der Waals surface area contributed by atoms with Gasteiger partial charge in [0.1, 0.15) is 11.4 Å². The van der Waals surface area contributed by atoms with Crippen LogP contribution in [0.5, 0.6) is 5.75 Å². The molecule has 1 amide bonds. The van der Waals surface area contributed by atoms with Gasteiger partial charge in [0.2, 0.25) is 5.91 Å². The fraction of sp³-hybridized carbons (Fsp3) is 0.429. The average molecular weight is 368 g/mol. The zero-order valence-corrected chi connectivity index (χ0v) is 15.7. The van der Waals surface area contributed by atoms with Crippen molar-refractivity contribution in [3.05, 3.63) is 59.9 Å². The van der Waals surface area contributed by atoms with E-state index in [1.807, 2.05) is 18.2 Å². The Morgan fingerprint density at radius 2 is 1.96 bits per heavy atom. The van der Waals surface area contributed by atoms with Gasteiger partial charge in [-0.3, -0.25) is 15.1 Å². The van der Waals surface area contributed by atoms with Crippen molar-refractivity contribution >= 4 is 5.91 Å². The number of hydrogen-bond donors (Lipinski definition) is 4. The lowest BCUT2D eigenvalue weighted by atomic mass is 9.89. The van der Waals surface area contributed by atoms with E-state index in [1.165, 1.54) is 19.8 Å². The normalized spacial score (nSPS) is 17.2. The summed E-state index contributed by atoms with van der Waals surface area (Å²) >= 11 is 0. The monoisotopic (exact) mass is 368 g/mol. The molecule has 4 N–H and O–H groups in total. The molecule has 1 aliphatic rings. The summed E-state index contributed by atoms with van der Waals surface area (Å²) in [6.45, 7) is 4.40. The molecule has 0 bridgehead atoms. The van der Waals surface area contributed by atoms with Crippen LogP contribution in [0.25, 0.3) is 0 Å². The largest absolute Gasteiger partial charge is 0.508 e. The molecule has 1 aromatic carbocycles. The maximum Gasteiger partial charge on any atom is 0.218 e. The number of carbonyl (C=O) groups excluding carboxylic acids is 1. The van der Waals surface area contributed by atoms with Crippen LogP contribution in [0.3, 0.4) is 0 Å². The Hall–Kier alpha value is -2.44. The Labute approximate surface area is 160 Å². The molecule has 0 saturated carbocycles. The highest BCUT2D eigenvalue weighted by molar-refractivity contribution is 5.75. The number of carbonyl (C=O) groups is 1. The smallest absolute Gasteiger partial charge is 0.218 e. The first kappa shape index (κ1) is 19.3. The highest BCUT2D eigenvalue weighted by Crippen LogP contribution is 2.29. The van der Waals surface area contributed by atoms with Crippen LogP contribution >= 0.6 is 0 Å². The molecule has 0 spiro atoms. The highest BCUT2D eigenvalue weighted by Gasteiger charge is 2.35. The third-order valence-corrected chi connectivity index (χ3v) is 5.16. The van der Waals surface area contributed by atoms with Crippen LogP contribution in [0, 0.1) is 5.92 Å². The number of benzene rings is 1. The summed E-state index contributed by atoms with van der Waals surface area (Å²) in [6, 6.07) is 10.8. The molecule has 144 valence electrons. The number of nitrogens with one attached hydrogen (secondary N) is 3. The average Bonchev–Trinajstić information content (AvgIpc) is 2.68. The van der Waals surface area contributed by atoms with E-state index in [0.29, 0.717) is 5.92 Å². The molecule has 1 fully saturated rings. The van der Waals surface area contributed by atoms with Crippen LogP contribution in [0.1, 0.15) is 37.3 Å². The van der Waals surface area contributed by atoms with Crippen molar-refractivity contribution in [2.24, 2.45) is 5.92 Å². The fourth-order valence-corrected chi connectivity index (χ4v) is 3.80. The number of nitrogens with zero attached hydrogens (tertiary/aromatic N) is 1. The third-order valence-electron chi connectivity index (χ3n) is 5.16. The molecule has 0 aliphatic carbocycles. The number of pyridine rings is 1. The number of phenolic OH excluding ortho intramolecular Hbond substituents is 1. The first-order chi connectivity index (χ1) is 13.1. The van der Waals surface area contributed by atoms with Gasteiger partial charge in [-0.2, -0.15) is 0 Å². The molecule has 27 heavy (non-hydrogen) atoms. The second-order valence-corrected chi connectivity index (χ2v) is 7.13. The Balaban J connectivity index is 1.91. The minimum absolute atomic E-state index is 0.149. The lowest BCUT2D eigenvalue weighted by molar-refractivity contribution is -0.120. The van der Waals surface area contributed by atoms with Gasteiger partial charge in [0.15, 0.2) is 0 Å². The van der Waals surface area contributed by atoms with Crippen molar-refractivity contribution in [3.63, 3.8) is 0 Å². The first-order valence-corrected chi connectivity index (χ1v) is 9.54. The van der Waals surface area contributed by atoms with Crippen molar-refractivity contribution in [1.82, 2.24) is 20.9 Å². The number of hydrogen-bond acceptors (Lipinski definition) is 5. The molecule has 1 aromatic heterocycles. The van der Waals surface area contributed by atoms with Crippen LogP contribution in [0.4, 0.5) is 0 Å². The number of aromatic nitrogens is 1. The summed E-state index contributed by atoms with van der Waals surface area (Å²) in [6.07, 6.45) is 6.81. The number of rotatable bonds is 7. The van der Waals surface area contributed by atoms with Crippen molar-refractivity contribution < 1.29 is 9.90 Å². The van der Waals surface area contributed by atoms with Gasteiger partial charge in [0.05, 0.1) is 0 Å². The number of phenols is 1. The fourth-order valence-electron chi connectivity index (χ4n) is 3.80. The molecule has 1 saturated heterocycles. The van der Waals surface area contributed by atoms with Gasteiger partial charge in [-0.15, -0.1) is 0 Å². The van der Waals surface area contributed by atoms with Gasteiger partial charge in [-0.05, 0) is 74.6 Å². The molecule has 0 radical (unpaired) electrons. The SMILES string of the molecule is CC(=O)NC(NCCC1CCNCC1)(c1ccncc1)c1cccc(O)c1. The van der Waals surface area contributed by atoms with Crippen LogP contribution in [0.2, 0.25) is 0 Å². The van der Waals surface area contributed by atoms with Gasteiger partial charge in [0.25, 0.3) is 0 Å². The molecule has 3 rings (SSSR count). The maximum absolute atomic E-state index is 12.1. The van der Waals surface area contributed by atoms with E-state index in [1.54, 1.807) is 30.6 Å². The lowest BCUT2D eigenvalue weighted by Gasteiger charge is -2.37. The summed E-state index contributed by atoms with van der Waals surface area (Å²) in [5.74, 6) is 0.691. The molecular formula is C21H28N4O2. The van der Waals surface area contributed by atoms with Crippen LogP contribution in [-0.4, -0.2) is 35.6 Å². The van der Waals surface area contributed by atoms with Crippen LogP contribution < -0.4 is 16.0 Å². The van der Waals surface area contributed by atoms with E-state index in [9.17, 15) is 9.90 Å². The van der Waals surface area contributed by atoms with E-state index in [2.05, 4.69) is 20.9 Å². The third kappa shape index (κ3) is 4.84. The topological polar surface area (TPSA) is 86.3 Å². The Bertz CT molecular complexity index is 747. The molecule has 6 heteroatoms. The van der Waals surface area contributed by atoms with Gasteiger partial charge < -0.3 is 15.7 Å². The van der Waals surface area contributed by atoms with E-state index in [4.69, 9.17) is 0 Å². The Kier molecular flexibility index (Phi) is 6.42. The molecular weight excluding hydrogens is 340 g/mol. The van der Waals surface area contributed by atoms with E-state index in [-0.39, 0.29) is 11.7 Å². The number of piperidine rings is 1. The summed E-state index contributed by atoms with van der Waals surface area (Å²) in [5.41, 5.74) is 0.748. The van der Waals surface area contributed by atoms with Gasteiger partial charge >= 0.3 is 0 Å². The highest BCUT2D eigenvalue weighted by atomic mass is 16.3. The zero-order valence-electron chi connectivity index (χ0n) is 15.7. The first-order valence-electron chi connectivity index (χ1n) is 9.54. The molecule has 2 heterocycles. The minimum atomic E-state index is -0.916. The van der Waals surface area contributed by atoms with Crippen molar-refractivity contribution in [2.75, 3.05) is 19.6 Å². The molecule has 2 aromatic rings. The zero-order chi connectivity index (χ0) is 19.1. The standard InChI is InChI=1S/C21H28N4O2/c1-16(26)25-21(18-8-12-23-13-9-18,19-3-2-4-20(27)15-19)24-14-7-17-5-10-22-11-6-17/h2-4,8-9,12-13,15,17,22,24,27H,5-7,10-11,14H2,1H3,(H,25,26). The maximum atomic E-state index is 12.1. The number of aromatic hydroxyl groups is 1. The second kappa shape index (κ2) is 8.97. The van der Waals surface area contributed by atoms with Gasteiger partial charge in [0, 0.05) is 24.9 Å². The minimum Gasteiger partial charge on any atom is -0.508 e. The quantitative estimate of drug-likeness (QED) is 0.563. The second-order valence-electron chi connectivity index (χ2n) is 7.13. The summed E-state index contributed by atoms with van der Waals surface area (Å²) in [7, 11) is 0. The van der Waals surface area contributed by atoms with E-state index < -0.39 is 5.66 Å². The van der Waals surface area contributed by atoms with Gasteiger partial charge in [-0.1, -0.05) is 12.1 Å². The molecule has 1 aliphatic heterocycles. The van der Waals surface area contributed by atoms with Crippen LogP contribution in [0.15, 0.2) is 48.8 Å². The van der Waals surface area contributed by atoms with Crippen molar-refractivity contribution in [2.45, 2.75) is 31.8 Å². The van der Waals surface area contributed by atoms with Crippen molar-refractivity contribution in [1.29, 1.82) is 0 Å². The van der Waals surface area contributed by atoms with Crippen LogP contribution in [-0.2, 0) is 10.5 Å². The Morgan fingerprint density at radius 1 is 1.22 bits per heavy atom. The van der Waals surface area contributed by atoms with E-state index in [0.717, 1.165) is 37.2 Å². The number of amides is 1. The summed E-state index contributed by atoms with van der Waals surface area (Å²) in [5, 5.41) is 20.1. The predicted octanol–water partition coefficient (Wildman–Crippen LogP) is 2.10. The molecule has 6 nitrogen and oxygen atoms in total. The molecule has 1 atom stereocenters. The molecule has 1 unspecified atom stereocenters. The van der Waals surface area contributed by atoms with E-state index >= 15 is 0 Å². The summed E-state index contributed by atoms with van der Waals surface area (Å²) < 4.78 is 0. The Morgan fingerprint density at radius 3 is 2.63 bits per heavy atom. The lowest BCUT2D eigenvalue weighted by Crippen LogP contribution is -2.57.